The molecule has 110 valence electrons. The number of allylic oxidation sites excluding steroid dienone is 1. The van der Waals surface area contributed by atoms with Crippen molar-refractivity contribution in [3.05, 3.63) is 52.5 Å². The maximum absolute atomic E-state index is 12.7. The number of hydrogen-bond acceptors (Lipinski definition) is 4. The van der Waals surface area contributed by atoms with Crippen LogP contribution in [0.1, 0.15) is 27.9 Å². The SMILES string of the molecule is C=Cc1ccn(S(=O)(=O)c2ccsc2C(=O)O)c1/C=C\C. The van der Waals surface area contributed by atoms with Crippen LogP contribution in [0.15, 0.2) is 41.3 Å². The molecule has 0 aliphatic carbocycles. The molecule has 5 nitrogen and oxygen atoms in total. The molecule has 0 unspecified atom stereocenters. The van der Waals surface area contributed by atoms with Crippen LogP contribution in [-0.2, 0) is 10.0 Å². The van der Waals surface area contributed by atoms with Crippen LogP contribution in [0, 0.1) is 0 Å². The van der Waals surface area contributed by atoms with Gasteiger partial charge in [-0.05, 0) is 30.5 Å². The summed E-state index contributed by atoms with van der Waals surface area (Å²) in [5.74, 6) is -1.26. The van der Waals surface area contributed by atoms with Crippen molar-refractivity contribution in [2.75, 3.05) is 0 Å². The Bertz CT molecular complexity index is 825. The first-order chi connectivity index (χ1) is 9.93. The van der Waals surface area contributed by atoms with E-state index in [0.29, 0.717) is 11.3 Å². The second kappa shape index (κ2) is 5.71. The first kappa shape index (κ1) is 15.3. The number of carbonyl (C=O) groups is 1. The van der Waals surface area contributed by atoms with Crippen LogP contribution in [0.25, 0.3) is 12.2 Å². The summed E-state index contributed by atoms with van der Waals surface area (Å²) in [6.45, 7) is 5.41. The van der Waals surface area contributed by atoms with E-state index in [1.54, 1.807) is 31.2 Å². The molecule has 0 aromatic carbocycles. The molecule has 0 atom stereocenters. The maximum Gasteiger partial charge on any atom is 0.347 e. The molecule has 1 N–H and O–H groups in total. The number of aromatic carboxylic acids is 1. The Kier molecular flexibility index (Phi) is 4.15. The molecule has 0 fully saturated rings. The summed E-state index contributed by atoms with van der Waals surface area (Å²) in [6, 6.07) is 2.92. The van der Waals surface area contributed by atoms with Gasteiger partial charge < -0.3 is 5.11 Å². The fourth-order valence-corrected chi connectivity index (χ4v) is 4.50. The van der Waals surface area contributed by atoms with Crippen LogP contribution >= 0.6 is 11.3 Å². The molecule has 0 spiro atoms. The monoisotopic (exact) mass is 323 g/mol. The topological polar surface area (TPSA) is 76.4 Å². The first-order valence-electron chi connectivity index (χ1n) is 5.96. The van der Waals surface area contributed by atoms with Gasteiger partial charge in [0.05, 0.1) is 5.69 Å². The Morgan fingerprint density at radius 2 is 2.14 bits per heavy atom. The lowest BCUT2D eigenvalue weighted by molar-refractivity contribution is 0.0698. The zero-order chi connectivity index (χ0) is 15.6. The van der Waals surface area contributed by atoms with E-state index in [9.17, 15) is 13.2 Å². The van der Waals surface area contributed by atoms with Crippen LogP contribution in [0.4, 0.5) is 0 Å². The van der Waals surface area contributed by atoms with Gasteiger partial charge in [-0.15, -0.1) is 11.3 Å². The molecular formula is C14H13NO4S2. The highest BCUT2D eigenvalue weighted by Gasteiger charge is 2.27. The molecule has 0 saturated heterocycles. The lowest BCUT2D eigenvalue weighted by Crippen LogP contribution is -2.15. The minimum Gasteiger partial charge on any atom is -0.477 e. The van der Waals surface area contributed by atoms with Gasteiger partial charge in [-0.2, -0.15) is 0 Å². The van der Waals surface area contributed by atoms with E-state index in [2.05, 4.69) is 6.58 Å². The predicted octanol–water partition coefficient (Wildman–Crippen LogP) is 3.16. The summed E-state index contributed by atoms with van der Waals surface area (Å²) < 4.78 is 26.4. The van der Waals surface area contributed by atoms with Crippen LogP contribution in [0.2, 0.25) is 0 Å². The molecule has 0 saturated carbocycles. The highest BCUT2D eigenvalue weighted by molar-refractivity contribution is 7.90. The fraction of sp³-hybridized carbons (Fsp3) is 0.0714. The Morgan fingerprint density at radius 1 is 1.43 bits per heavy atom. The van der Waals surface area contributed by atoms with Gasteiger partial charge in [0, 0.05) is 11.8 Å². The lowest BCUT2D eigenvalue weighted by Gasteiger charge is -2.08. The van der Waals surface area contributed by atoms with Gasteiger partial charge in [-0.25, -0.2) is 17.2 Å². The number of rotatable bonds is 5. The van der Waals surface area contributed by atoms with Crippen molar-refractivity contribution in [2.45, 2.75) is 11.8 Å². The van der Waals surface area contributed by atoms with Crippen molar-refractivity contribution < 1.29 is 18.3 Å². The summed E-state index contributed by atoms with van der Waals surface area (Å²) in [7, 11) is -3.97. The second-order valence-corrected chi connectivity index (χ2v) is 6.78. The number of hydrogen-bond donors (Lipinski definition) is 1. The molecule has 0 bridgehead atoms. The second-order valence-electron chi connectivity index (χ2n) is 4.08. The van der Waals surface area contributed by atoms with Gasteiger partial charge in [0.25, 0.3) is 10.0 Å². The van der Waals surface area contributed by atoms with Gasteiger partial charge in [-0.3, -0.25) is 0 Å². The van der Waals surface area contributed by atoms with Crippen LogP contribution in [0.3, 0.4) is 0 Å². The smallest absolute Gasteiger partial charge is 0.347 e. The van der Waals surface area contributed by atoms with E-state index < -0.39 is 16.0 Å². The molecule has 0 aliphatic heterocycles. The molecule has 2 aromatic heterocycles. The van der Waals surface area contributed by atoms with Crippen LogP contribution in [0.5, 0.6) is 0 Å². The third kappa shape index (κ3) is 2.57. The van der Waals surface area contributed by atoms with Gasteiger partial charge in [0.2, 0.25) is 0 Å². The number of carboxylic acid groups (broad SMARTS) is 1. The van der Waals surface area contributed by atoms with Crippen molar-refractivity contribution in [3.63, 3.8) is 0 Å². The summed E-state index contributed by atoms with van der Waals surface area (Å²) in [4.78, 5) is 10.7. The minimum absolute atomic E-state index is 0.199. The average molecular weight is 323 g/mol. The van der Waals surface area contributed by atoms with Gasteiger partial charge >= 0.3 is 5.97 Å². The minimum atomic E-state index is -3.97. The van der Waals surface area contributed by atoms with Crippen molar-refractivity contribution in [3.8, 4) is 0 Å². The highest BCUT2D eigenvalue weighted by Crippen LogP contribution is 2.27. The maximum atomic E-state index is 12.7. The average Bonchev–Trinajstić information content (AvgIpc) is 3.05. The van der Waals surface area contributed by atoms with Crippen molar-refractivity contribution in [1.82, 2.24) is 3.97 Å². The largest absolute Gasteiger partial charge is 0.477 e. The summed E-state index contributed by atoms with van der Waals surface area (Å²) >= 11 is 0.881. The van der Waals surface area contributed by atoms with E-state index >= 15 is 0 Å². The van der Waals surface area contributed by atoms with E-state index in [0.717, 1.165) is 15.3 Å². The number of aromatic nitrogens is 1. The Labute approximate surface area is 126 Å². The van der Waals surface area contributed by atoms with E-state index in [1.165, 1.54) is 17.6 Å². The fourth-order valence-electron chi connectivity index (χ4n) is 1.91. The number of carboxylic acids is 1. The third-order valence-electron chi connectivity index (χ3n) is 2.83. The molecule has 0 amide bonds. The molecule has 2 heterocycles. The van der Waals surface area contributed by atoms with Gasteiger partial charge in [-0.1, -0.05) is 18.7 Å². The molecule has 2 rings (SSSR count). The molecule has 7 heteroatoms. The molecule has 0 radical (unpaired) electrons. The Balaban J connectivity index is 2.70. The van der Waals surface area contributed by atoms with E-state index in [4.69, 9.17) is 5.11 Å². The molecule has 21 heavy (non-hydrogen) atoms. The Hall–Kier alpha value is -2.12. The van der Waals surface area contributed by atoms with E-state index in [-0.39, 0.29) is 9.77 Å². The molecule has 0 aliphatic rings. The van der Waals surface area contributed by atoms with Crippen molar-refractivity contribution in [2.24, 2.45) is 0 Å². The lowest BCUT2D eigenvalue weighted by atomic mass is 10.2. The van der Waals surface area contributed by atoms with Crippen LogP contribution in [-0.4, -0.2) is 23.5 Å². The zero-order valence-electron chi connectivity index (χ0n) is 11.2. The number of thiophene rings is 1. The zero-order valence-corrected chi connectivity index (χ0v) is 12.8. The van der Waals surface area contributed by atoms with Crippen LogP contribution < -0.4 is 0 Å². The normalized spacial score (nSPS) is 11.9. The summed E-state index contributed by atoms with van der Waals surface area (Å²) in [5.41, 5.74) is 1.10. The Morgan fingerprint density at radius 3 is 2.71 bits per heavy atom. The summed E-state index contributed by atoms with van der Waals surface area (Å²) in [6.07, 6.45) is 6.29. The number of nitrogens with zero attached hydrogens (tertiary/aromatic N) is 1. The van der Waals surface area contributed by atoms with E-state index in [1.807, 2.05) is 0 Å². The predicted molar refractivity (Wildman–Crippen MR) is 83.1 cm³/mol. The van der Waals surface area contributed by atoms with Crippen molar-refractivity contribution >= 4 is 39.5 Å². The molecular weight excluding hydrogens is 310 g/mol. The molecule has 2 aromatic rings. The highest BCUT2D eigenvalue weighted by atomic mass is 32.2. The van der Waals surface area contributed by atoms with Crippen molar-refractivity contribution in [1.29, 1.82) is 0 Å². The third-order valence-corrected chi connectivity index (χ3v) is 5.59. The van der Waals surface area contributed by atoms with Gasteiger partial charge in [0.1, 0.15) is 9.77 Å². The van der Waals surface area contributed by atoms with Gasteiger partial charge in [0.15, 0.2) is 0 Å². The quantitative estimate of drug-likeness (QED) is 0.917. The standard InChI is InChI=1S/C14H13NO4S2/c1-3-5-11-10(4-2)6-8-15(11)21(18,19)12-7-9-20-13(12)14(16)17/h3-9H,2H2,1H3,(H,16,17)/b5-3-. The summed E-state index contributed by atoms with van der Waals surface area (Å²) in [5, 5.41) is 10.5. The first-order valence-corrected chi connectivity index (χ1v) is 8.28.